The van der Waals surface area contributed by atoms with Crippen LogP contribution in [-0.4, -0.2) is 45.3 Å². The van der Waals surface area contributed by atoms with Gasteiger partial charge >= 0.3 is 0 Å². The van der Waals surface area contributed by atoms with E-state index in [0.29, 0.717) is 6.42 Å². The third kappa shape index (κ3) is 1.95. The molecule has 4 N–H and O–H groups in total. The van der Waals surface area contributed by atoms with E-state index in [9.17, 15) is 10.2 Å². The first-order valence-corrected chi connectivity index (χ1v) is 4.32. The molecule has 0 amide bonds. The minimum atomic E-state index is -1.12. The summed E-state index contributed by atoms with van der Waals surface area (Å²) in [5, 5.41) is 36.4. The number of aliphatic hydroxyl groups is 4. The maximum Gasteiger partial charge on any atom is 0.103 e. The zero-order valence-corrected chi connectivity index (χ0v) is 6.93. The Balaban J connectivity index is 2.45. The maximum absolute atomic E-state index is 9.42. The molecule has 1 rings (SSSR count). The summed E-state index contributed by atoms with van der Waals surface area (Å²) in [5.41, 5.74) is 0. The Bertz CT molecular complexity index is 139. The highest BCUT2D eigenvalue weighted by atomic mass is 16.4. The Morgan fingerprint density at radius 3 is 2.33 bits per heavy atom. The highest BCUT2D eigenvalue weighted by molar-refractivity contribution is 4.85. The van der Waals surface area contributed by atoms with Crippen molar-refractivity contribution in [2.75, 3.05) is 6.61 Å². The number of hydrogen-bond acceptors (Lipinski definition) is 4. The summed E-state index contributed by atoms with van der Waals surface area (Å²) in [6.07, 6.45) is -0.364. The van der Waals surface area contributed by atoms with Gasteiger partial charge in [0.15, 0.2) is 0 Å². The van der Waals surface area contributed by atoms with Crippen LogP contribution >= 0.6 is 0 Å². The Labute approximate surface area is 71.5 Å². The molecule has 0 aromatic rings. The molecular weight excluding hydrogens is 160 g/mol. The lowest BCUT2D eigenvalue weighted by molar-refractivity contribution is -0.0657. The molecule has 1 saturated carbocycles. The summed E-state index contributed by atoms with van der Waals surface area (Å²) in [7, 11) is 0. The molecule has 0 bridgehead atoms. The van der Waals surface area contributed by atoms with Gasteiger partial charge in [0.25, 0.3) is 0 Å². The molecule has 0 aromatic heterocycles. The summed E-state index contributed by atoms with van der Waals surface area (Å²) < 4.78 is 0. The first-order valence-electron chi connectivity index (χ1n) is 4.32. The van der Waals surface area contributed by atoms with Crippen LogP contribution in [0.4, 0.5) is 0 Å². The molecule has 72 valence electrons. The second-order valence-electron chi connectivity index (χ2n) is 3.40. The Kier molecular flexibility index (Phi) is 3.46. The van der Waals surface area contributed by atoms with Crippen LogP contribution in [0, 0.1) is 5.92 Å². The predicted molar refractivity (Wildman–Crippen MR) is 42.4 cm³/mol. The molecular formula is C8H16O4. The van der Waals surface area contributed by atoms with Crippen molar-refractivity contribution in [3.05, 3.63) is 0 Å². The third-order valence-corrected chi connectivity index (χ3v) is 2.55. The normalized spacial score (nSPS) is 35.0. The molecule has 1 fully saturated rings. The third-order valence-electron chi connectivity index (χ3n) is 2.55. The number of hydrogen-bond donors (Lipinski definition) is 4. The molecule has 1 aliphatic carbocycles. The molecule has 0 spiro atoms. The fourth-order valence-electron chi connectivity index (χ4n) is 1.76. The first kappa shape index (κ1) is 9.92. The first-order chi connectivity index (χ1) is 5.66. The van der Waals surface area contributed by atoms with E-state index < -0.39 is 24.9 Å². The SMILES string of the molecule is OCC(O)C(O)[C@@H]1CCC[C@H]1O. The quantitative estimate of drug-likeness (QED) is 0.438. The van der Waals surface area contributed by atoms with Crippen LogP contribution in [0.25, 0.3) is 0 Å². The summed E-state index contributed by atoms with van der Waals surface area (Å²) in [6, 6.07) is 0. The van der Waals surface area contributed by atoms with Crippen LogP contribution < -0.4 is 0 Å². The molecule has 1 aliphatic rings. The highest BCUT2D eigenvalue weighted by Gasteiger charge is 2.34. The van der Waals surface area contributed by atoms with E-state index in [1.807, 2.05) is 0 Å². The van der Waals surface area contributed by atoms with Gasteiger partial charge in [0.1, 0.15) is 6.10 Å². The van der Waals surface area contributed by atoms with Crippen molar-refractivity contribution >= 4 is 0 Å². The lowest BCUT2D eigenvalue weighted by Gasteiger charge is -2.24. The fourth-order valence-corrected chi connectivity index (χ4v) is 1.76. The van der Waals surface area contributed by atoms with Gasteiger partial charge in [0.2, 0.25) is 0 Å². The lowest BCUT2D eigenvalue weighted by atomic mass is 9.95. The molecule has 0 heterocycles. The van der Waals surface area contributed by atoms with Crippen molar-refractivity contribution in [1.29, 1.82) is 0 Å². The molecule has 4 heteroatoms. The fraction of sp³-hybridized carbons (Fsp3) is 1.00. The van der Waals surface area contributed by atoms with Gasteiger partial charge < -0.3 is 20.4 Å². The molecule has 0 radical (unpaired) electrons. The summed E-state index contributed by atoms with van der Waals surface area (Å²) in [6.45, 7) is -0.454. The van der Waals surface area contributed by atoms with Crippen LogP contribution in [0.2, 0.25) is 0 Å². The Morgan fingerprint density at radius 2 is 1.92 bits per heavy atom. The molecule has 12 heavy (non-hydrogen) atoms. The van der Waals surface area contributed by atoms with E-state index in [2.05, 4.69) is 0 Å². The largest absolute Gasteiger partial charge is 0.394 e. The van der Waals surface area contributed by atoms with Crippen molar-refractivity contribution in [1.82, 2.24) is 0 Å². The van der Waals surface area contributed by atoms with Gasteiger partial charge in [-0.25, -0.2) is 0 Å². The van der Waals surface area contributed by atoms with Crippen molar-refractivity contribution in [3.8, 4) is 0 Å². The minimum Gasteiger partial charge on any atom is -0.394 e. The maximum atomic E-state index is 9.42. The van der Waals surface area contributed by atoms with E-state index in [-0.39, 0.29) is 5.92 Å². The van der Waals surface area contributed by atoms with E-state index >= 15 is 0 Å². The van der Waals surface area contributed by atoms with Gasteiger partial charge in [0.05, 0.1) is 18.8 Å². The van der Waals surface area contributed by atoms with Crippen LogP contribution in [0.15, 0.2) is 0 Å². The van der Waals surface area contributed by atoms with Gasteiger partial charge in [-0.3, -0.25) is 0 Å². The Hall–Kier alpha value is -0.160. The van der Waals surface area contributed by atoms with Gasteiger partial charge in [-0.15, -0.1) is 0 Å². The van der Waals surface area contributed by atoms with Crippen molar-refractivity contribution in [3.63, 3.8) is 0 Å². The zero-order valence-electron chi connectivity index (χ0n) is 6.93. The smallest absolute Gasteiger partial charge is 0.103 e. The Morgan fingerprint density at radius 1 is 1.25 bits per heavy atom. The zero-order chi connectivity index (χ0) is 9.14. The standard InChI is InChI=1S/C8H16O4/c9-4-7(11)8(12)5-2-1-3-6(5)10/h5-12H,1-4H2/t5-,6-,7?,8?/m1/s1. The number of aliphatic hydroxyl groups excluding tert-OH is 4. The number of rotatable bonds is 3. The van der Waals surface area contributed by atoms with E-state index in [4.69, 9.17) is 10.2 Å². The minimum absolute atomic E-state index is 0.271. The molecule has 0 aliphatic heterocycles. The highest BCUT2D eigenvalue weighted by Crippen LogP contribution is 2.29. The van der Waals surface area contributed by atoms with Crippen LogP contribution in [0.1, 0.15) is 19.3 Å². The molecule has 4 atom stereocenters. The monoisotopic (exact) mass is 176 g/mol. The summed E-state index contributed by atoms with van der Waals surface area (Å²) in [5.74, 6) is -0.271. The van der Waals surface area contributed by atoms with Crippen molar-refractivity contribution < 1.29 is 20.4 Å². The molecule has 4 nitrogen and oxygen atoms in total. The van der Waals surface area contributed by atoms with Crippen molar-refractivity contribution in [2.45, 2.75) is 37.6 Å². The average Bonchev–Trinajstić information content (AvgIpc) is 2.48. The van der Waals surface area contributed by atoms with E-state index in [0.717, 1.165) is 12.8 Å². The van der Waals surface area contributed by atoms with Gasteiger partial charge in [-0.1, -0.05) is 6.42 Å². The predicted octanol–water partition coefficient (Wildman–Crippen LogP) is -1.14. The van der Waals surface area contributed by atoms with E-state index in [1.54, 1.807) is 0 Å². The van der Waals surface area contributed by atoms with Gasteiger partial charge in [0, 0.05) is 5.92 Å². The second-order valence-corrected chi connectivity index (χ2v) is 3.40. The molecule has 0 saturated heterocycles. The van der Waals surface area contributed by atoms with Crippen molar-refractivity contribution in [2.24, 2.45) is 5.92 Å². The molecule has 2 unspecified atom stereocenters. The van der Waals surface area contributed by atoms with Crippen LogP contribution in [0.5, 0.6) is 0 Å². The van der Waals surface area contributed by atoms with Crippen LogP contribution in [0.3, 0.4) is 0 Å². The average molecular weight is 176 g/mol. The van der Waals surface area contributed by atoms with Crippen LogP contribution in [-0.2, 0) is 0 Å². The topological polar surface area (TPSA) is 80.9 Å². The summed E-state index contributed by atoms with van der Waals surface area (Å²) in [4.78, 5) is 0. The second kappa shape index (κ2) is 4.18. The lowest BCUT2D eigenvalue weighted by Crippen LogP contribution is -2.39. The summed E-state index contributed by atoms with van der Waals surface area (Å²) >= 11 is 0. The van der Waals surface area contributed by atoms with Gasteiger partial charge in [-0.2, -0.15) is 0 Å². The van der Waals surface area contributed by atoms with Gasteiger partial charge in [-0.05, 0) is 12.8 Å². The molecule has 0 aromatic carbocycles. The van der Waals surface area contributed by atoms with E-state index in [1.165, 1.54) is 0 Å².